The third-order valence-corrected chi connectivity index (χ3v) is 8.13. The van der Waals surface area contributed by atoms with E-state index in [4.69, 9.17) is 4.74 Å². The van der Waals surface area contributed by atoms with Gasteiger partial charge in [-0.2, -0.15) is 5.26 Å². The van der Waals surface area contributed by atoms with Crippen LogP contribution in [-0.4, -0.2) is 47.7 Å². The summed E-state index contributed by atoms with van der Waals surface area (Å²) in [5.41, 5.74) is 1.11. The highest BCUT2D eigenvalue weighted by Crippen LogP contribution is 2.42. The molecule has 188 valence electrons. The second kappa shape index (κ2) is 10.4. The number of nitriles is 1. The summed E-state index contributed by atoms with van der Waals surface area (Å²) in [6, 6.07) is 8.38. The molecule has 2 amide bonds. The molecular weight excluding hydrogens is 442 g/mol. The molecule has 2 aliphatic carbocycles. The van der Waals surface area contributed by atoms with E-state index in [0.29, 0.717) is 31.1 Å². The number of hydrogen-bond acceptors (Lipinski definition) is 5. The van der Waals surface area contributed by atoms with Gasteiger partial charge in [0.25, 0.3) is 5.91 Å². The molecule has 0 bridgehead atoms. The van der Waals surface area contributed by atoms with Crippen molar-refractivity contribution in [3.05, 3.63) is 29.8 Å². The van der Waals surface area contributed by atoms with E-state index in [0.717, 1.165) is 37.7 Å². The average molecular weight is 480 g/mol. The van der Waals surface area contributed by atoms with Crippen molar-refractivity contribution in [2.24, 2.45) is 23.2 Å². The Bertz CT molecular complexity index is 996. The van der Waals surface area contributed by atoms with E-state index in [1.165, 1.54) is 0 Å². The maximum atomic E-state index is 13.4. The molecule has 7 heteroatoms. The Morgan fingerprint density at radius 1 is 1.23 bits per heavy atom. The maximum absolute atomic E-state index is 13.4. The predicted octanol–water partition coefficient (Wildman–Crippen LogP) is 3.79. The zero-order valence-electron chi connectivity index (χ0n) is 21.1. The van der Waals surface area contributed by atoms with Crippen LogP contribution < -0.4 is 10.1 Å². The Balaban J connectivity index is 1.39. The van der Waals surface area contributed by atoms with Crippen LogP contribution in [0.2, 0.25) is 0 Å². The van der Waals surface area contributed by atoms with Crippen LogP contribution in [0.15, 0.2) is 24.3 Å². The van der Waals surface area contributed by atoms with Crippen LogP contribution in [0.4, 0.5) is 0 Å². The van der Waals surface area contributed by atoms with Gasteiger partial charge in [0.15, 0.2) is 6.61 Å². The molecule has 3 fully saturated rings. The van der Waals surface area contributed by atoms with E-state index in [2.05, 4.69) is 25.2 Å². The van der Waals surface area contributed by atoms with E-state index in [1.807, 2.05) is 31.2 Å². The number of benzene rings is 1. The van der Waals surface area contributed by atoms with E-state index in [1.54, 1.807) is 4.90 Å². The summed E-state index contributed by atoms with van der Waals surface area (Å²) in [6.45, 7) is 6.60. The molecule has 1 aromatic carbocycles. The monoisotopic (exact) mass is 479 g/mol. The molecule has 1 heterocycles. The second-order valence-electron chi connectivity index (χ2n) is 11.4. The smallest absolute Gasteiger partial charge is 0.261 e. The number of carbonyl (C=O) groups excluding carboxylic acids is 3. The number of nitrogens with one attached hydrogen (secondary N) is 1. The summed E-state index contributed by atoms with van der Waals surface area (Å²) in [4.78, 5) is 40.8. The fourth-order valence-electron chi connectivity index (χ4n) is 6.13. The first-order valence-electron chi connectivity index (χ1n) is 12.9. The van der Waals surface area contributed by atoms with Gasteiger partial charge in [-0.1, -0.05) is 38.0 Å². The van der Waals surface area contributed by atoms with Gasteiger partial charge in [-0.3, -0.25) is 14.4 Å². The van der Waals surface area contributed by atoms with Crippen LogP contribution in [0.25, 0.3) is 0 Å². The molecule has 35 heavy (non-hydrogen) atoms. The number of rotatable bonds is 7. The molecule has 1 saturated heterocycles. The Hall–Kier alpha value is -2.88. The summed E-state index contributed by atoms with van der Waals surface area (Å²) < 4.78 is 5.70. The minimum Gasteiger partial charge on any atom is -0.484 e. The second-order valence-corrected chi connectivity index (χ2v) is 11.4. The van der Waals surface area contributed by atoms with E-state index < -0.39 is 12.1 Å². The van der Waals surface area contributed by atoms with Crippen molar-refractivity contribution in [2.45, 2.75) is 77.8 Å². The highest BCUT2D eigenvalue weighted by atomic mass is 16.5. The fraction of sp³-hybridized carbons (Fsp3) is 0.643. The van der Waals surface area contributed by atoms with Crippen molar-refractivity contribution in [3.8, 4) is 11.8 Å². The van der Waals surface area contributed by atoms with Gasteiger partial charge in [0.1, 0.15) is 23.6 Å². The molecule has 1 N–H and O–H groups in total. The molecule has 1 aliphatic heterocycles. The molecule has 0 spiro atoms. The zero-order valence-corrected chi connectivity index (χ0v) is 21.1. The van der Waals surface area contributed by atoms with Gasteiger partial charge in [0, 0.05) is 18.9 Å². The third-order valence-electron chi connectivity index (χ3n) is 8.13. The number of likely N-dealkylation sites (tertiary alicyclic amines) is 1. The van der Waals surface area contributed by atoms with Gasteiger partial charge in [0.2, 0.25) is 5.91 Å². The van der Waals surface area contributed by atoms with Crippen molar-refractivity contribution in [2.75, 3.05) is 13.2 Å². The largest absolute Gasteiger partial charge is 0.484 e. The first-order chi connectivity index (χ1) is 16.7. The highest BCUT2D eigenvalue weighted by Gasteiger charge is 2.49. The summed E-state index contributed by atoms with van der Waals surface area (Å²) in [7, 11) is 0. The lowest BCUT2D eigenvalue weighted by Crippen LogP contribution is -2.52. The first-order valence-corrected chi connectivity index (χ1v) is 12.9. The minimum atomic E-state index is -0.737. The quantitative estimate of drug-likeness (QED) is 0.641. The van der Waals surface area contributed by atoms with Crippen LogP contribution in [0.3, 0.4) is 0 Å². The number of nitrogens with zero attached hydrogens (tertiary/aromatic N) is 2. The summed E-state index contributed by atoms with van der Waals surface area (Å²) >= 11 is 0. The highest BCUT2D eigenvalue weighted by molar-refractivity contribution is 5.90. The number of hydrogen-bond donors (Lipinski definition) is 1. The first kappa shape index (κ1) is 25.2. The third kappa shape index (κ3) is 5.86. The van der Waals surface area contributed by atoms with Crippen molar-refractivity contribution >= 4 is 17.6 Å². The van der Waals surface area contributed by atoms with Crippen LogP contribution >= 0.6 is 0 Å². The Morgan fingerprint density at radius 3 is 2.66 bits per heavy atom. The lowest BCUT2D eigenvalue weighted by Gasteiger charge is -2.34. The molecule has 0 radical (unpaired) electrons. The van der Waals surface area contributed by atoms with Crippen LogP contribution in [0, 0.1) is 41.4 Å². The molecule has 5 atom stereocenters. The molecule has 1 aromatic rings. The lowest BCUT2D eigenvalue weighted by molar-refractivity contribution is -0.141. The van der Waals surface area contributed by atoms with E-state index in [-0.39, 0.29) is 41.5 Å². The van der Waals surface area contributed by atoms with Gasteiger partial charge in [-0.05, 0) is 68.4 Å². The number of fused-ring (bicyclic) bond motifs is 1. The van der Waals surface area contributed by atoms with E-state index >= 15 is 0 Å². The fourth-order valence-corrected chi connectivity index (χ4v) is 6.13. The normalized spacial score (nSPS) is 28.2. The predicted molar refractivity (Wildman–Crippen MR) is 131 cm³/mol. The average Bonchev–Trinajstić information content (AvgIpc) is 3.40. The van der Waals surface area contributed by atoms with Crippen LogP contribution in [-0.2, 0) is 14.4 Å². The number of Topliss-reactive ketones (excluding diaryl/α,β-unsaturated/α-hetero) is 1. The zero-order chi connectivity index (χ0) is 25.2. The standard InChI is InChI=1S/C28H37N3O4/c1-18-7-9-22(10-8-18)35-17-25(33)31-16-20-5-4-6-23(20)26(31)27(34)30-21(15-29)13-19-11-12-28(2,3)14-24(19)32/h7-10,19-21,23,26H,4-6,11-14,16-17H2,1-3H3,(H,30,34)/t19-,20-,21-,23-,26-/m0/s1. The summed E-state index contributed by atoms with van der Waals surface area (Å²) in [5.74, 6) is 0.520. The maximum Gasteiger partial charge on any atom is 0.261 e. The van der Waals surface area contributed by atoms with Crippen molar-refractivity contribution in [1.82, 2.24) is 10.2 Å². The molecule has 0 unspecified atom stereocenters. The molecule has 4 rings (SSSR count). The van der Waals surface area contributed by atoms with Crippen LogP contribution in [0.1, 0.15) is 64.4 Å². The number of ketones is 1. The van der Waals surface area contributed by atoms with Gasteiger partial charge < -0.3 is 15.0 Å². The van der Waals surface area contributed by atoms with Crippen molar-refractivity contribution in [3.63, 3.8) is 0 Å². The number of carbonyl (C=O) groups is 3. The van der Waals surface area contributed by atoms with Gasteiger partial charge >= 0.3 is 0 Å². The molecule has 2 saturated carbocycles. The number of ether oxygens (including phenoxy) is 1. The molecular formula is C28H37N3O4. The SMILES string of the molecule is Cc1ccc(OCC(=O)N2C[C@@H]3CCC[C@@H]3[C@H]2C(=O)N[C@H](C#N)C[C@@H]2CCC(C)(C)CC2=O)cc1. The van der Waals surface area contributed by atoms with Crippen molar-refractivity contribution < 1.29 is 19.1 Å². The Kier molecular flexibility index (Phi) is 7.49. The number of aryl methyl sites for hydroxylation is 1. The molecule has 0 aromatic heterocycles. The number of amides is 2. The van der Waals surface area contributed by atoms with Crippen LogP contribution in [0.5, 0.6) is 5.75 Å². The summed E-state index contributed by atoms with van der Waals surface area (Å²) in [6.07, 6.45) is 5.49. The van der Waals surface area contributed by atoms with Gasteiger partial charge in [-0.15, -0.1) is 0 Å². The molecule has 7 nitrogen and oxygen atoms in total. The topological polar surface area (TPSA) is 99.5 Å². The lowest BCUT2D eigenvalue weighted by atomic mass is 9.71. The van der Waals surface area contributed by atoms with E-state index in [9.17, 15) is 19.6 Å². The Morgan fingerprint density at radius 2 is 1.97 bits per heavy atom. The van der Waals surface area contributed by atoms with Gasteiger partial charge in [0.05, 0.1) is 6.07 Å². The minimum absolute atomic E-state index is 0.00180. The Labute approximate surface area is 208 Å². The van der Waals surface area contributed by atoms with Crippen molar-refractivity contribution in [1.29, 1.82) is 5.26 Å². The summed E-state index contributed by atoms with van der Waals surface area (Å²) in [5, 5.41) is 12.6. The van der Waals surface area contributed by atoms with Gasteiger partial charge in [-0.25, -0.2) is 0 Å². The molecule has 3 aliphatic rings.